The highest BCUT2D eigenvalue weighted by atomic mass is 32.2. The summed E-state index contributed by atoms with van der Waals surface area (Å²) in [7, 11) is -3.78. The minimum absolute atomic E-state index is 0.0174. The van der Waals surface area contributed by atoms with E-state index in [-0.39, 0.29) is 50.1 Å². The second kappa shape index (κ2) is 10.5. The molecule has 37 heavy (non-hydrogen) atoms. The Bertz CT molecular complexity index is 1200. The number of likely N-dealkylation sites (tertiary alicyclic amines) is 1. The molecule has 3 aliphatic rings. The summed E-state index contributed by atoms with van der Waals surface area (Å²) in [5.74, 6) is -2.94. The molecule has 202 valence electrons. The zero-order chi connectivity index (χ0) is 27.0. The van der Waals surface area contributed by atoms with E-state index in [9.17, 15) is 35.6 Å². The van der Waals surface area contributed by atoms with Crippen molar-refractivity contribution in [3.05, 3.63) is 35.1 Å². The van der Waals surface area contributed by atoms with E-state index in [4.69, 9.17) is 5.26 Å². The van der Waals surface area contributed by atoms with Crippen LogP contribution in [0.3, 0.4) is 0 Å². The van der Waals surface area contributed by atoms with Gasteiger partial charge in [-0.3, -0.25) is 9.59 Å². The van der Waals surface area contributed by atoms with Crippen molar-refractivity contribution in [2.24, 2.45) is 11.8 Å². The fraction of sp³-hybridized carbons (Fsp3) is 0.609. The van der Waals surface area contributed by atoms with Gasteiger partial charge in [0.2, 0.25) is 11.8 Å². The number of hydrogen-bond acceptors (Lipinski definition) is 5. The zero-order valence-electron chi connectivity index (χ0n) is 19.9. The third kappa shape index (κ3) is 5.73. The Hall–Kier alpha value is -2.76. The summed E-state index contributed by atoms with van der Waals surface area (Å²) in [5.41, 5.74) is -1.25. The Morgan fingerprint density at radius 1 is 1.08 bits per heavy atom. The summed E-state index contributed by atoms with van der Waals surface area (Å²) in [6.07, 6.45) is -2.83. The number of hydrogen-bond donors (Lipinski definition) is 1. The van der Waals surface area contributed by atoms with E-state index >= 15 is 0 Å². The Kier molecular flexibility index (Phi) is 7.77. The molecule has 0 bridgehead atoms. The van der Waals surface area contributed by atoms with Crippen LogP contribution in [0.4, 0.5) is 17.6 Å². The number of rotatable bonds is 6. The largest absolute Gasteiger partial charge is 0.416 e. The van der Waals surface area contributed by atoms with Gasteiger partial charge in [0.05, 0.1) is 23.5 Å². The van der Waals surface area contributed by atoms with E-state index < -0.39 is 45.6 Å². The van der Waals surface area contributed by atoms with E-state index in [1.807, 2.05) is 6.07 Å². The van der Waals surface area contributed by atoms with Crippen molar-refractivity contribution >= 4 is 22.0 Å². The summed E-state index contributed by atoms with van der Waals surface area (Å²) in [5, 5.41) is 11.4. The summed E-state index contributed by atoms with van der Waals surface area (Å²) < 4.78 is 80.6. The van der Waals surface area contributed by atoms with E-state index in [0.717, 1.165) is 12.1 Å². The lowest BCUT2D eigenvalue weighted by Gasteiger charge is -2.41. The van der Waals surface area contributed by atoms with Crippen molar-refractivity contribution < 1.29 is 35.6 Å². The Morgan fingerprint density at radius 2 is 1.78 bits per heavy atom. The van der Waals surface area contributed by atoms with Gasteiger partial charge < -0.3 is 10.2 Å². The first-order valence-corrected chi connectivity index (χ1v) is 13.4. The molecule has 0 aliphatic carbocycles. The Balaban J connectivity index is 1.36. The first-order chi connectivity index (χ1) is 17.4. The van der Waals surface area contributed by atoms with Crippen LogP contribution in [-0.2, 0) is 32.5 Å². The summed E-state index contributed by atoms with van der Waals surface area (Å²) in [4.78, 5) is 27.5. The van der Waals surface area contributed by atoms with Crippen LogP contribution in [0.1, 0.15) is 36.8 Å². The highest BCUT2D eigenvalue weighted by Gasteiger charge is 2.44. The van der Waals surface area contributed by atoms with Crippen molar-refractivity contribution in [2.45, 2.75) is 44.4 Å². The van der Waals surface area contributed by atoms with Crippen molar-refractivity contribution in [2.75, 3.05) is 32.7 Å². The predicted molar refractivity (Wildman–Crippen MR) is 122 cm³/mol. The van der Waals surface area contributed by atoms with Gasteiger partial charge in [0, 0.05) is 44.8 Å². The van der Waals surface area contributed by atoms with Crippen LogP contribution in [0, 0.1) is 29.0 Å². The van der Waals surface area contributed by atoms with Gasteiger partial charge in [-0.15, -0.1) is 0 Å². The SMILES string of the molecule is N#CC1CN(S(=O)(=O)N2CCC[C@@H](C(=O)N3CCC[C@@H]3C(=O)NCc3ccc(C(F)(F)F)cc3F)C2)C1. The van der Waals surface area contributed by atoms with Crippen LogP contribution >= 0.6 is 0 Å². The third-order valence-corrected chi connectivity index (χ3v) is 9.02. The van der Waals surface area contributed by atoms with Gasteiger partial charge in [0.25, 0.3) is 10.2 Å². The molecule has 4 rings (SSSR count). The van der Waals surface area contributed by atoms with E-state index in [1.165, 1.54) is 13.5 Å². The summed E-state index contributed by atoms with van der Waals surface area (Å²) in [6, 6.07) is 3.27. The number of nitriles is 1. The molecule has 0 unspecified atom stereocenters. The summed E-state index contributed by atoms with van der Waals surface area (Å²) >= 11 is 0. The molecule has 3 aliphatic heterocycles. The van der Waals surface area contributed by atoms with Crippen LogP contribution in [0.2, 0.25) is 0 Å². The maximum absolute atomic E-state index is 14.1. The maximum Gasteiger partial charge on any atom is 0.416 e. The number of nitrogens with zero attached hydrogens (tertiary/aromatic N) is 4. The van der Waals surface area contributed by atoms with Crippen LogP contribution in [-0.4, -0.2) is 72.5 Å². The standard InChI is InChI=1S/C23H27F4N5O4S/c24-19-9-18(23(25,26)27)6-5-16(19)11-29-21(33)20-4-2-8-32(20)22(34)17-3-1-7-30(14-17)37(35,36)31-12-15(10-28)13-31/h5-6,9,15,17,20H,1-4,7-8,11-14H2,(H,29,33)/t17-,20-/m1/s1. The molecule has 14 heteroatoms. The molecule has 2 amide bonds. The number of nitrogens with one attached hydrogen (secondary N) is 1. The highest BCUT2D eigenvalue weighted by molar-refractivity contribution is 7.86. The minimum atomic E-state index is -4.68. The van der Waals surface area contributed by atoms with Gasteiger partial charge in [-0.25, -0.2) is 4.39 Å². The van der Waals surface area contributed by atoms with Crippen molar-refractivity contribution in [3.63, 3.8) is 0 Å². The van der Waals surface area contributed by atoms with Gasteiger partial charge in [0.15, 0.2) is 0 Å². The number of carbonyl (C=O) groups is 2. The third-order valence-electron chi connectivity index (χ3n) is 7.09. The van der Waals surface area contributed by atoms with Gasteiger partial charge >= 0.3 is 6.18 Å². The molecule has 0 radical (unpaired) electrons. The van der Waals surface area contributed by atoms with Crippen LogP contribution in [0.15, 0.2) is 18.2 Å². The smallest absolute Gasteiger partial charge is 0.350 e. The van der Waals surface area contributed by atoms with Crippen molar-refractivity contribution in [3.8, 4) is 6.07 Å². The lowest BCUT2D eigenvalue weighted by Crippen LogP contribution is -2.57. The van der Waals surface area contributed by atoms with Crippen LogP contribution in [0.25, 0.3) is 0 Å². The fourth-order valence-electron chi connectivity index (χ4n) is 4.93. The Labute approximate surface area is 212 Å². The second-order valence-corrected chi connectivity index (χ2v) is 11.5. The molecule has 3 saturated heterocycles. The molecule has 9 nitrogen and oxygen atoms in total. The fourth-order valence-corrected chi connectivity index (χ4v) is 6.72. The molecule has 1 N–H and O–H groups in total. The first-order valence-electron chi connectivity index (χ1n) is 12.0. The van der Waals surface area contributed by atoms with E-state index in [1.54, 1.807) is 0 Å². The average Bonchev–Trinajstić information content (AvgIpc) is 3.31. The molecule has 0 saturated carbocycles. The van der Waals surface area contributed by atoms with Gasteiger partial charge in [-0.05, 0) is 37.8 Å². The number of benzene rings is 1. The van der Waals surface area contributed by atoms with Crippen molar-refractivity contribution in [1.29, 1.82) is 5.26 Å². The number of halogens is 4. The van der Waals surface area contributed by atoms with E-state index in [0.29, 0.717) is 38.3 Å². The second-order valence-electron chi connectivity index (χ2n) is 9.56. The number of amides is 2. The molecule has 3 heterocycles. The molecular formula is C23H27F4N5O4S. The highest BCUT2D eigenvalue weighted by Crippen LogP contribution is 2.31. The topological polar surface area (TPSA) is 114 Å². The maximum atomic E-state index is 14.1. The monoisotopic (exact) mass is 545 g/mol. The Morgan fingerprint density at radius 3 is 2.43 bits per heavy atom. The molecular weight excluding hydrogens is 518 g/mol. The lowest BCUT2D eigenvalue weighted by molar-refractivity contribution is -0.142. The normalized spacial score (nSPS) is 23.9. The van der Waals surface area contributed by atoms with Gasteiger partial charge in [-0.1, -0.05) is 6.07 Å². The number of alkyl halides is 3. The molecule has 3 fully saturated rings. The summed E-state index contributed by atoms with van der Waals surface area (Å²) in [6.45, 7) is 0.476. The van der Waals surface area contributed by atoms with Crippen molar-refractivity contribution in [1.82, 2.24) is 18.8 Å². The van der Waals surface area contributed by atoms with E-state index in [2.05, 4.69) is 5.32 Å². The molecule has 0 spiro atoms. The predicted octanol–water partition coefficient (Wildman–Crippen LogP) is 1.86. The van der Waals surface area contributed by atoms with Crippen LogP contribution in [0.5, 0.6) is 0 Å². The first kappa shape index (κ1) is 27.3. The van der Waals surface area contributed by atoms with Crippen LogP contribution < -0.4 is 5.32 Å². The zero-order valence-corrected chi connectivity index (χ0v) is 20.7. The number of carbonyl (C=O) groups excluding carboxylic acids is 2. The molecule has 0 aromatic heterocycles. The van der Waals surface area contributed by atoms with Gasteiger partial charge in [0.1, 0.15) is 11.9 Å². The molecule has 1 aromatic rings. The molecule has 1 aromatic carbocycles. The minimum Gasteiger partial charge on any atom is -0.350 e. The lowest BCUT2D eigenvalue weighted by atomic mass is 9.97. The van der Waals surface area contributed by atoms with Gasteiger partial charge in [-0.2, -0.15) is 35.5 Å². The quantitative estimate of drug-likeness (QED) is 0.549. The molecule has 2 atom stereocenters. The average molecular weight is 546 g/mol. The number of piperidine rings is 1.